The SMILES string of the molecule is CCn1nnc2cc(C(=O)NCCC(C)C)ccc21. The monoisotopic (exact) mass is 260 g/mol. The molecule has 19 heavy (non-hydrogen) atoms. The third-order valence-corrected chi connectivity index (χ3v) is 3.08. The molecule has 1 aromatic carbocycles. The Kier molecular flexibility index (Phi) is 4.14. The van der Waals surface area contributed by atoms with Gasteiger partial charge in [0.15, 0.2) is 0 Å². The maximum absolute atomic E-state index is 12.0. The van der Waals surface area contributed by atoms with Gasteiger partial charge >= 0.3 is 0 Å². The molecule has 0 spiro atoms. The molecule has 0 atom stereocenters. The lowest BCUT2D eigenvalue weighted by molar-refractivity contribution is 0.0952. The van der Waals surface area contributed by atoms with Crippen molar-refractivity contribution in [3.05, 3.63) is 23.8 Å². The molecule has 5 nitrogen and oxygen atoms in total. The zero-order valence-corrected chi connectivity index (χ0v) is 11.7. The maximum atomic E-state index is 12.0. The Hall–Kier alpha value is -1.91. The van der Waals surface area contributed by atoms with Crippen LogP contribution in [0.2, 0.25) is 0 Å². The summed E-state index contributed by atoms with van der Waals surface area (Å²) in [6, 6.07) is 5.51. The molecule has 0 fully saturated rings. The Labute approximate surface area is 113 Å². The molecule has 2 rings (SSSR count). The number of carbonyl (C=O) groups excluding carboxylic acids is 1. The van der Waals surface area contributed by atoms with Crippen molar-refractivity contribution in [2.45, 2.75) is 33.7 Å². The van der Waals surface area contributed by atoms with Crippen LogP contribution >= 0.6 is 0 Å². The van der Waals surface area contributed by atoms with Gasteiger partial charge in [-0.3, -0.25) is 4.79 Å². The van der Waals surface area contributed by atoms with Crippen molar-refractivity contribution < 1.29 is 4.79 Å². The van der Waals surface area contributed by atoms with Crippen LogP contribution in [0.5, 0.6) is 0 Å². The summed E-state index contributed by atoms with van der Waals surface area (Å²) in [5.41, 5.74) is 2.36. The van der Waals surface area contributed by atoms with E-state index in [-0.39, 0.29) is 5.91 Å². The van der Waals surface area contributed by atoms with Crippen molar-refractivity contribution in [1.82, 2.24) is 20.3 Å². The number of amides is 1. The van der Waals surface area contributed by atoms with E-state index in [0.717, 1.165) is 24.0 Å². The average Bonchev–Trinajstić information content (AvgIpc) is 2.80. The van der Waals surface area contributed by atoms with Gasteiger partial charge in [-0.05, 0) is 37.5 Å². The molecule has 0 saturated heterocycles. The van der Waals surface area contributed by atoms with E-state index in [4.69, 9.17) is 0 Å². The van der Waals surface area contributed by atoms with E-state index in [1.54, 1.807) is 6.07 Å². The van der Waals surface area contributed by atoms with Crippen molar-refractivity contribution in [2.24, 2.45) is 5.92 Å². The number of fused-ring (bicyclic) bond motifs is 1. The molecule has 102 valence electrons. The van der Waals surface area contributed by atoms with Crippen molar-refractivity contribution in [1.29, 1.82) is 0 Å². The maximum Gasteiger partial charge on any atom is 0.251 e. The lowest BCUT2D eigenvalue weighted by Gasteiger charge is -2.07. The van der Waals surface area contributed by atoms with E-state index in [0.29, 0.717) is 18.0 Å². The zero-order chi connectivity index (χ0) is 13.8. The van der Waals surface area contributed by atoms with Gasteiger partial charge in [-0.15, -0.1) is 5.10 Å². The van der Waals surface area contributed by atoms with Crippen molar-refractivity contribution in [3.63, 3.8) is 0 Å². The fourth-order valence-electron chi connectivity index (χ4n) is 1.92. The summed E-state index contributed by atoms with van der Waals surface area (Å²) in [7, 11) is 0. The Balaban J connectivity index is 2.10. The molecule has 1 N–H and O–H groups in total. The summed E-state index contributed by atoms with van der Waals surface area (Å²) in [5.74, 6) is 0.542. The van der Waals surface area contributed by atoms with Crippen molar-refractivity contribution in [2.75, 3.05) is 6.54 Å². The molecule has 0 saturated carbocycles. The number of aryl methyl sites for hydroxylation is 1. The smallest absolute Gasteiger partial charge is 0.251 e. The topological polar surface area (TPSA) is 59.8 Å². The number of nitrogens with zero attached hydrogens (tertiary/aromatic N) is 3. The average molecular weight is 260 g/mol. The molecule has 1 amide bonds. The van der Waals surface area contributed by atoms with E-state index in [9.17, 15) is 4.79 Å². The van der Waals surface area contributed by atoms with Crippen LogP contribution in [0, 0.1) is 5.92 Å². The molecule has 2 aromatic rings. The zero-order valence-electron chi connectivity index (χ0n) is 11.7. The molecule has 0 aliphatic heterocycles. The summed E-state index contributed by atoms with van der Waals surface area (Å²) >= 11 is 0. The standard InChI is InChI=1S/C14H20N4O/c1-4-18-13-6-5-11(9-12(13)16-17-18)14(19)15-8-7-10(2)3/h5-6,9-10H,4,7-8H2,1-3H3,(H,15,19). The number of carbonyl (C=O) groups is 1. The highest BCUT2D eigenvalue weighted by Gasteiger charge is 2.09. The molecular formula is C14H20N4O. The first-order valence-corrected chi connectivity index (χ1v) is 6.73. The Morgan fingerprint density at radius 3 is 2.89 bits per heavy atom. The Bertz CT molecular complexity index is 574. The molecule has 0 aliphatic carbocycles. The van der Waals surface area contributed by atoms with Gasteiger partial charge in [0.05, 0.1) is 5.52 Å². The second kappa shape index (κ2) is 5.82. The molecule has 1 heterocycles. The number of aromatic nitrogens is 3. The minimum absolute atomic E-state index is 0.0476. The van der Waals surface area contributed by atoms with Crippen molar-refractivity contribution >= 4 is 16.9 Å². The van der Waals surface area contributed by atoms with Gasteiger partial charge in [0.2, 0.25) is 0 Å². The van der Waals surface area contributed by atoms with Gasteiger partial charge in [0, 0.05) is 18.7 Å². The number of benzene rings is 1. The summed E-state index contributed by atoms with van der Waals surface area (Å²) in [6.07, 6.45) is 0.986. The van der Waals surface area contributed by atoms with Gasteiger partial charge in [-0.25, -0.2) is 4.68 Å². The first-order chi connectivity index (χ1) is 9.11. The van der Waals surface area contributed by atoms with E-state index < -0.39 is 0 Å². The molecule has 1 aromatic heterocycles. The van der Waals surface area contributed by atoms with E-state index in [1.165, 1.54) is 0 Å². The van der Waals surface area contributed by atoms with Crippen LogP contribution in [-0.4, -0.2) is 27.4 Å². The summed E-state index contributed by atoms with van der Waals surface area (Å²) < 4.78 is 1.82. The number of nitrogens with one attached hydrogen (secondary N) is 1. The van der Waals surface area contributed by atoms with Gasteiger partial charge in [0.1, 0.15) is 5.52 Å². The van der Waals surface area contributed by atoms with Gasteiger partial charge in [-0.2, -0.15) is 0 Å². The first kappa shape index (κ1) is 13.5. The van der Waals surface area contributed by atoms with Crippen LogP contribution < -0.4 is 5.32 Å². The summed E-state index contributed by atoms with van der Waals surface area (Å²) in [6.45, 7) is 7.77. The summed E-state index contributed by atoms with van der Waals surface area (Å²) in [4.78, 5) is 12.0. The minimum atomic E-state index is -0.0476. The number of hydrogen-bond acceptors (Lipinski definition) is 3. The Morgan fingerprint density at radius 1 is 1.42 bits per heavy atom. The fourth-order valence-corrected chi connectivity index (χ4v) is 1.92. The van der Waals surface area contributed by atoms with Crippen LogP contribution in [-0.2, 0) is 6.54 Å². The van der Waals surface area contributed by atoms with E-state index in [2.05, 4.69) is 29.5 Å². The normalized spacial score (nSPS) is 11.2. The number of hydrogen-bond donors (Lipinski definition) is 1. The van der Waals surface area contributed by atoms with Crippen LogP contribution in [0.1, 0.15) is 37.6 Å². The molecular weight excluding hydrogens is 240 g/mol. The van der Waals surface area contributed by atoms with Crippen LogP contribution in [0.15, 0.2) is 18.2 Å². The lowest BCUT2D eigenvalue weighted by atomic mass is 10.1. The Morgan fingerprint density at radius 2 is 2.21 bits per heavy atom. The molecule has 0 unspecified atom stereocenters. The van der Waals surface area contributed by atoms with Crippen LogP contribution in [0.4, 0.5) is 0 Å². The van der Waals surface area contributed by atoms with Crippen LogP contribution in [0.25, 0.3) is 11.0 Å². The highest BCUT2D eigenvalue weighted by Crippen LogP contribution is 2.13. The number of rotatable bonds is 5. The van der Waals surface area contributed by atoms with Crippen molar-refractivity contribution in [3.8, 4) is 0 Å². The third-order valence-electron chi connectivity index (χ3n) is 3.08. The molecule has 5 heteroatoms. The van der Waals surface area contributed by atoms with Crippen LogP contribution in [0.3, 0.4) is 0 Å². The minimum Gasteiger partial charge on any atom is -0.352 e. The lowest BCUT2D eigenvalue weighted by Crippen LogP contribution is -2.25. The molecule has 0 radical (unpaired) electrons. The first-order valence-electron chi connectivity index (χ1n) is 6.73. The molecule has 0 aliphatic rings. The molecule has 0 bridgehead atoms. The van der Waals surface area contributed by atoms with E-state index >= 15 is 0 Å². The summed E-state index contributed by atoms with van der Waals surface area (Å²) in [5, 5.41) is 11.0. The fraction of sp³-hybridized carbons (Fsp3) is 0.500. The largest absolute Gasteiger partial charge is 0.352 e. The highest BCUT2D eigenvalue weighted by atomic mass is 16.1. The van der Waals surface area contributed by atoms with Gasteiger partial charge in [-0.1, -0.05) is 19.1 Å². The highest BCUT2D eigenvalue weighted by molar-refractivity contribution is 5.97. The second-order valence-electron chi connectivity index (χ2n) is 5.05. The second-order valence-corrected chi connectivity index (χ2v) is 5.05. The van der Waals surface area contributed by atoms with Gasteiger partial charge < -0.3 is 5.32 Å². The predicted octanol–water partition coefficient (Wildman–Crippen LogP) is 2.23. The predicted molar refractivity (Wildman–Crippen MR) is 75.0 cm³/mol. The van der Waals surface area contributed by atoms with Gasteiger partial charge in [0.25, 0.3) is 5.91 Å². The quantitative estimate of drug-likeness (QED) is 0.896. The third kappa shape index (κ3) is 3.10. The van der Waals surface area contributed by atoms with E-state index in [1.807, 2.05) is 23.7 Å².